The molecule has 3 N–H and O–H groups in total. The van der Waals surface area contributed by atoms with Crippen LogP contribution in [0.5, 0.6) is 0 Å². The predicted octanol–water partition coefficient (Wildman–Crippen LogP) is 3.25. The van der Waals surface area contributed by atoms with E-state index in [1.165, 1.54) is 6.08 Å². The number of amides is 1. The lowest BCUT2D eigenvalue weighted by Gasteiger charge is -2.02. The average molecular weight is 287 g/mol. The molecule has 0 aliphatic carbocycles. The minimum Gasteiger partial charge on any atom is -0.398 e. The van der Waals surface area contributed by atoms with Crippen molar-refractivity contribution in [3.8, 4) is 0 Å². The van der Waals surface area contributed by atoms with E-state index >= 15 is 0 Å². The van der Waals surface area contributed by atoms with Crippen LogP contribution >= 0.6 is 11.6 Å². The first-order valence-corrected chi connectivity index (χ1v) is 6.58. The SMILES string of the molecule is Nc1cc(/C=C/C(=O)NCc2ccccc2)ccc1Cl. The van der Waals surface area contributed by atoms with Gasteiger partial charge >= 0.3 is 0 Å². The third kappa shape index (κ3) is 4.14. The Balaban J connectivity index is 1.90. The Hall–Kier alpha value is -2.26. The van der Waals surface area contributed by atoms with Crippen molar-refractivity contribution in [1.82, 2.24) is 5.32 Å². The molecule has 0 unspecified atom stereocenters. The number of rotatable bonds is 4. The summed E-state index contributed by atoms with van der Waals surface area (Å²) in [7, 11) is 0. The maximum absolute atomic E-state index is 11.7. The van der Waals surface area contributed by atoms with Gasteiger partial charge in [0.2, 0.25) is 5.91 Å². The molecule has 0 heterocycles. The van der Waals surface area contributed by atoms with Crippen LogP contribution in [0.3, 0.4) is 0 Å². The summed E-state index contributed by atoms with van der Waals surface area (Å²) in [4.78, 5) is 11.7. The van der Waals surface area contributed by atoms with Crippen molar-refractivity contribution in [1.29, 1.82) is 0 Å². The zero-order valence-electron chi connectivity index (χ0n) is 10.8. The smallest absolute Gasteiger partial charge is 0.244 e. The number of hydrogen-bond donors (Lipinski definition) is 2. The number of nitrogens with one attached hydrogen (secondary N) is 1. The minimum atomic E-state index is -0.151. The Morgan fingerprint density at radius 1 is 1.20 bits per heavy atom. The second kappa shape index (κ2) is 6.78. The van der Waals surface area contributed by atoms with E-state index in [0.29, 0.717) is 17.3 Å². The zero-order chi connectivity index (χ0) is 14.4. The molecule has 2 aromatic rings. The molecule has 3 nitrogen and oxygen atoms in total. The average Bonchev–Trinajstić information content (AvgIpc) is 2.47. The van der Waals surface area contributed by atoms with Gasteiger partial charge in [-0.05, 0) is 29.3 Å². The van der Waals surface area contributed by atoms with Gasteiger partial charge in [-0.15, -0.1) is 0 Å². The number of anilines is 1. The van der Waals surface area contributed by atoms with Crippen LogP contribution in [0.15, 0.2) is 54.6 Å². The number of nitrogen functional groups attached to an aromatic ring is 1. The fourth-order valence-electron chi connectivity index (χ4n) is 1.68. The number of carbonyl (C=O) groups excluding carboxylic acids is 1. The van der Waals surface area contributed by atoms with Gasteiger partial charge in [-0.3, -0.25) is 4.79 Å². The standard InChI is InChI=1S/C16H15ClN2O/c17-14-8-6-12(10-15(14)18)7-9-16(20)19-11-13-4-2-1-3-5-13/h1-10H,11,18H2,(H,19,20)/b9-7+. The number of benzene rings is 2. The second-order valence-corrected chi connectivity index (χ2v) is 4.72. The summed E-state index contributed by atoms with van der Waals surface area (Å²) in [6.45, 7) is 0.507. The number of nitrogens with two attached hydrogens (primary N) is 1. The lowest BCUT2D eigenvalue weighted by Crippen LogP contribution is -2.20. The number of halogens is 1. The van der Waals surface area contributed by atoms with Crippen LogP contribution in [0.1, 0.15) is 11.1 Å². The lowest BCUT2D eigenvalue weighted by atomic mass is 10.2. The molecule has 0 bridgehead atoms. The van der Waals surface area contributed by atoms with Gasteiger partial charge in [0.1, 0.15) is 0 Å². The first-order chi connectivity index (χ1) is 9.65. The number of carbonyl (C=O) groups is 1. The molecule has 1 amide bonds. The van der Waals surface area contributed by atoms with E-state index in [2.05, 4.69) is 5.32 Å². The van der Waals surface area contributed by atoms with Gasteiger partial charge in [0, 0.05) is 12.6 Å². The lowest BCUT2D eigenvalue weighted by molar-refractivity contribution is -0.116. The maximum atomic E-state index is 11.7. The van der Waals surface area contributed by atoms with Gasteiger partial charge in [0.15, 0.2) is 0 Å². The molecule has 0 saturated carbocycles. The highest BCUT2D eigenvalue weighted by Crippen LogP contribution is 2.20. The quantitative estimate of drug-likeness (QED) is 0.669. The Kier molecular flexibility index (Phi) is 4.80. The van der Waals surface area contributed by atoms with Gasteiger partial charge in [0.25, 0.3) is 0 Å². The molecule has 0 radical (unpaired) electrons. The van der Waals surface area contributed by atoms with Gasteiger partial charge in [-0.1, -0.05) is 48.0 Å². The molecular weight excluding hydrogens is 272 g/mol. The van der Waals surface area contributed by atoms with Gasteiger partial charge in [-0.2, -0.15) is 0 Å². The molecule has 4 heteroatoms. The third-order valence-electron chi connectivity index (χ3n) is 2.76. The summed E-state index contributed by atoms with van der Waals surface area (Å²) >= 11 is 5.83. The maximum Gasteiger partial charge on any atom is 0.244 e. The molecular formula is C16H15ClN2O. The Labute approximate surface area is 123 Å². The van der Waals surface area contributed by atoms with Crippen LogP contribution in [0.25, 0.3) is 6.08 Å². The third-order valence-corrected chi connectivity index (χ3v) is 3.10. The fourth-order valence-corrected chi connectivity index (χ4v) is 1.80. The summed E-state index contributed by atoms with van der Waals surface area (Å²) in [6.07, 6.45) is 3.18. The van der Waals surface area contributed by atoms with E-state index < -0.39 is 0 Å². The first-order valence-electron chi connectivity index (χ1n) is 6.20. The van der Waals surface area contributed by atoms with Crippen LogP contribution in [0, 0.1) is 0 Å². The predicted molar refractivity (Wildman–Crippen MR) is 83.2 cm³/mol. The van der Waals surface area contributed by atoms with Crippen molar-refractivity contribution < 1.29 is 4.79 Å². The summed E-state index contributed by atoms with van der Waals surface area (Å²) in [5.74, 6) is -0.151. The van der Waals surface area contributed by atoms with Crippen molar-refractivity contribution in [2.24, 2.45) is 0 Å². The van der Waals surface area contributed by atoms with Crippen molar-refractivity contribution in [2.45, 2.75) is 6.54 Å². The van der Waals surface area contributed by atoms with E-state index in [1.807, 2.05) is 30.3 Å². The topological polar surface area (TPSA) is 55.1 Å². The van der Waals surface area contributed by atoms with Gasteiger partial charge in [0.05, 0.1) is 10.7 Å². The van der Waals surface area contributed by atoms with Crippen LogP contribution in [-0.4, -0.2) is 5.91 Å². The zero-order valence-corrected chi connectivity index (χ0v) is 11.6. The summed E-state index contributed by atoms with van der Waals surface area (Å²) in [5.41, 5.74) is 8.09. The van der Waals surface area contributed by atoms with E-state index in [1.54, 1.807) is 24.3 Å². The Morgan fingerprint density at radius 3 is 2.65 bits per heavy atom. The molecule has 0 saturated heterocycles. The van der Waals surface area contributed by atoms with Gasteiger partial charge in [-0.25, -0.2) is 0 Å². The summed E-state index contributed by atoms with van der Waals surface area (Å²) in [6, 6.07) is 15.0. The molecule has 2 rings (SSSR count). The summed E-state index contributed by atoms with van der Waals surface area (Å²) < 4.78 is 0. The largest absolute Gasteiger partial charge is 0.398 e. The fraction of sp³-hybridized carbons (Fsp3) is 0.0625. The van der Waals surface area contributed by atoms with Crippen molar-refractivity contribution in [3.63, 3.8) is 0 Å². The Morgan fingerprint density at radius 2 is 1.95 bits per heavy atom. The second-order valence-electron chi connectivity index (χ2n) is 4.32. The van der Waals surface area contributed by atoms with Crippen molar-refractivity contribution >= 4 is 29.3 Å². The molecule has 0 fully saturated rings. The highest BCUT2D eigenvalue weighted by Gasteiger charge is 1.98. The molecule has 0 aromatic heterocycles. The van der Waals surface area contributed by atoms with Crippen LogP contribution in [-0.2, 0) is 11.3 Å². The van der Waals surface area contributed by atoms with E-state index in [9.17, 15) is 4.79 Å². The van der Waals surface area contributed by atoms with E-state index in [4.69, 9.17) is 17.3 Å². The molecule has 0 aliphatic heterocycles. The van der Waals surface area contributed by atoms with Crippen LogP contribution in [0.2, 0.25) is 5.02 Å². The molecule has 20 heavy (non-hydrogen) atoms. The molecule has 0 atom stereocenters. The highest BCUT2D eigenvalue weighted by atomic mass is 35.5. The summed E-state index contributed by atoms with van der Waals surface area (Å²) in [5, 5.41) is 3.32. The van der Waals surface area contributed by atoms with Crippen molar-refractivity contribution in [3.05, 3.63) is 70.8 Å². The van der Waals surface area contributed by atoms with Crippen molar-refractivity contribution in [2.75, 3.05) is 5.73 Å². The van der Waals surface area contributed by atoms with E-state index in [0.717, 1.165) is 11.1 Å². The molecule has 102 valence electrons. The van der Waals surface area contributed by atoms with Crippen LogP contribution < -0.4 is 11.1 Å². The molecule has 2 aromatic carbocycles. The highest BCUT2D eigenvalue weighted by molar-refractivity contribution is 6.33. The Bertz CT molecular complexity index is 624. The molecule has 0 spiro atoms. The van der Waals surface area contributed by atoms with Crippen LogP contribution in [0.4, 0.5) is 5.69 Å². The van der Waals surface area contributed by atoms with Gasteiger partial charge < -0.3 is 11.1 Å². The molecule has 0 aliphatic rings. The monoisotopic (exact) mass is 286 g/mol. The normalized spacial score (nSPS) is 10.7. The van der Waals surface area contributed by atoms with E-state index in [-0.39, 0.29) is 5.91 Å². The first kappa shape index (κ1) is 14.2. The minimum absolute atomic E-state index is 0.151. The number of hydrogen-bond acceptors (Lipinski definition) is 2.